The summed E-state index contributed by atoms with van der Waals surface area (Å²) in [6.45, 7) is 1.39. The van der Waals surface area contributed by atoms with Crippen LogP contribution in [0, 0.1) is 5.92 Å². The molecule has 0 bridgehead atoms. The lowest BCUT2D eigenvalue weighted by Gasteiger charge is -2.32. The Morgan fingerprint density at radius 3 is 2.24 bits per heavy atom. The molecule has 0 atom stereocenters. The number of carbonyl (C=O) groups excluding carboxylic acids is 1. The third-order valence-corrected chi connectivity index (χ3v) is 7.43. The standard InChI is InChI=1S/C25H27N3O4S/c29-18-24(30)22-8-11-25(26-17-22)28-14-12-19(13-15-28)16-27-33(31,32)23-9-6-21(7-10-23)20-4-2-1-3-5-20/h1-11,17,19,27,29H,12-16,18H2. The van der Waals surface area contributed by atoms with Crippen LogP contribution in [0.5, 0.6) is 0 Å². The Bertz CT molecular complexity index is 1170. The molecule has 0 saturated carbocycles. The number of aliphatic hydroxyl groups is 1. The molecule has 1 saturated heterocycles. The maximum Gasteiger partial charge on any atom is 0.240 e. The van der Waals surface area contributed by atoms with Crippen molar-refractivity contribution in [1.82, 2.24) is 9.71 Å². The number of piperidine rings is 1. The predicted octanol–water partition coefficient (Wildman–Crippen LogP) is 3.12. The zero-order chi connectivity index (χ0) is 23.3. The molecule has 7 nitrogen and oxygen atoms in total. The van der Waals surface area contributed by atoms with Crippen LogP contribution >= 0.6 is 0 Å². The van der Waals surface area contributed by atoms with Gasteiger partial charge in [-0.15, -0.1) is 0 Å². The lowest BCUT2D eigenvalue weighted by molar-refractivity contribution is 0.0903. The molecule has 3 aromatic rings. The van der Waals surface area contributed by atoms with Crippen molar-refractivity contribution in [3.8, 4) is 11.1 Å². The number of benzene rings is 2. The van der Waals surface area contributed by atoms with Crippen LogP contribution < -0.4 is 9.62 Å². The molecule has 172 valence electrons. The van der Waals surface area contributed by atoms with E-state index in [1.54, 1.807) is 24.3 Å². The fourth-order valence-corrected chi connectivity index (χ4v) is 5.08. The first-order valence-electron chi connectivity index (χ1n) is 11.0. The van der Waals surface area contributed by atoms with E-state index in [2.05, 4.69) is 14.6 Å². The third kappa shape index (κ3) is 5.65. The number of nitrogens with one attached hydrogen (secondary N) is 1. The van der Waals surface area contributed by atoms with Crippen molar-refractivity contribution in [3.63, 3.8) is 0 Å². The van der Waals surface area contributed by atoms with Gasteiger partial charge < -0.3 is 10.0 Å². The number of hydrogen-bond donors (Lipinski definition) is 2. The SMILES string of the molecule is O=C(CO)c1ccc(N2CCC(CNS(=O)(=O)c3ccc(-c4ccccc4)cc3)CC2)nc1. The fraction of sp³-hybridized carbons (Fsp3) is 0.280. The molecule has 1 fully saturated rings. The first kappa shape index (κ1) is 23.1. The molecule has 1 aliphatic rings. The van der Waals surface area contributed by atoms with Gasteiger partial charge in [0.25, 0.3) is 0 Å². The molecule has 0 unspecified atom stereocenters. The van der Waals surface area contributed by atoms with E-state index in [0.717, 1.165) is 42.9 Å². The maximum absolute atomic E-state index is 12.7. The summed E-state index contributed by atoms with van der Waals surface area (Å²) in [5.74, 6) is 0.673. The second-order valence-electron chi connectivity index (χ2n) is 8.16. The summed E-state index contributed by atoms with van der Waals surface area (Å²) in [5, 5.41) is 8.94. The normalized spacial score (nSPS) is 14.9. The summed E-state index contributed by atoms with van der Waals surface area (Å²) in [4.78, 5) is 18.2. The summed E-state index contributed by atoms with van der Waals surface area (Å²) in [7, 11) is -3.57. The minimum absolute atomic E-state index is 0.245. The Kier molecular flexibility index (Phi) is 7.17. The fourth-order valence-electron chi connectivity index (χ4n) is 3.96. The summed E-state index contributed by atoms with van der Waals surface area (Å²) in [6, 6.07) is 20.2. The van der Waals surface area contributed by atoms with E-state index < -0.39 is 16.6 Å². The number of ketones is 1. The van der Waals surface area contributed by atoms with Gasteiger partial charge in [-0.25, -0.2) is 18.1 Å². The maximum atomic E-state index is 12.7. The molecule has 2 heterocycles. The van der Waals surface area contributed by atoms with Crippen molar-refractivity contribution in [2.24, 2.45) is 5.92 Å². The summed E-state index contributed by atoms with van der Waals surface area (Å²) < 4.78 is 28.2. The van der Waals surface area contributed by atoms with E-state index in [0.29, 0.717) is 12.1 Å². The van der Waals surface area contributed by atoms with Crippen molar-refractivity contribution in [2.75, 3.05) is 31.1 Å². The van der Waals surface area contributed by atoms with Gasteiger partial charge >= 0.3 is 0 Å². The summed E-state index contributed by atoms with van der Waals surface area (Å²) in [5.41, 5.74) is 2.41. The van der Waals surface area contributed by atoms with Crippen molar-refractivity contribution < 1.29 is 18.3 Å². The zero-order valence-corrected chi connectivity index (χ0v) is 19.0. The van der Waals surface area contributed by atoms with Gasteiger partial charge in [-0.05, 0) is 54.2 Å². The summed E-state index contributed by atoms with van der Waals surface area (Å²) >= 11 is 0. The zero-order valence-electron chi connectivity index (χ0n) is 18.2. The smallest absolute Gasteiger partial charge is 0.240 e. The van der Waals surface area contributed by atoms with Crippen molar-refractivity contribution >= 4 is 21.6 Å². The van der Waals surface area contributed by atoms with E-state index in [9.17, 15) is 13.2 Å². The van der Waals surface area contributed by atoms with Crippen LogP contribution in [0.4, 0.5) is 5.82 Å². The van der Waals surface area contributed by atoms with Gasteiger partial charge in [0.2, 0.25) is 10.0 Å². The van der Waals surface area contributed by atoms with E-state index in [-0.39, 0.29) is 16.6 Å². The number of aliphatic hydroxyl groups excluding tert-OH is 1. The minimum atomic E-state index is -3.57. The van der Waals surface area contributed by atoms with E-state index in [1.165, 1.54) is 6.20 Å². The summed E-state index contributed by atoms with van der Waals surface area (Å²) in [6.07, 6.45) is 3.17. The van der Waals surface area contributed by atoms with Crippen LogP contribution in [0.15, 0.2) is 77.8 Å². The van der Waals surface area contributed by atoms with Gasteiger partial charge in [0.05, 0.1) is 4.90 Å². The molecule has 2 N–H and O–H groups in total. The molecular formula is C25H27N3O4S. The average molecular weight is 466 g/mol. The van der Waals surface area contributed by atoms with Gasteiger partial charge in [0, 0.05) is 31.4 Å². The number of aromatic nitrogens is 1. The molecule has 1 aromatic heterocycles. The largest absolute Gasteiger partial charge is 0.388 e. The molecule has 4 rings (SSSR count). The lowest BCUT2D eigenvalue weighted by atomic mass is 9.97. The highest BCUT2D eigenvalue weighted by Crippen LogP contribution is 2.23. The van der Waals surface area contributed by atoms with E-state index >= 15 is 0 Å². The first-order chi connectivity index (χ1) is 16.0. The Morgan fingerprint density at radius 2 is 1.64 bits per heavy atom. The number of Topliss-reactive ketones (excluding diaryl/α,β-unsaturated/α-hetero) is 1. The molecule has 0 radical (unpaired) electrons. The number of pyridine rings is 1. The lowest BCUT2D eigenvalue weighted by Crippen LogP contribution is -2.39. The Morgan fingerprint density at radius 1 is 0.970 bits per heavy atom. The molecular weight excluding hydrogens is 438 g/mol. The molecule has 0 aliphatic carbocycles. The van der Waals surface area contributed by atoms with Crippen molar-refractivity contribution in [1.29, 1.82) is 0 Å². The third-order valence-electron chi connectivity index (χ3n) is 5.99. The quantitative estimate of drug-likeness (QED) is 0.496. The number of hydrogen-bond acceptors (Lipinski definition) is 6. The minimum Gasteiger partial charge on any atom is -0.388 e. The van der Waals surface area contributed by atoms with Gasteiger partial charge in [-0.3, -0.25) is 4.79 Å². The van der Waals surface area contributed by atoms with Crippen LogP contribution in [0.3, 0.4) is 0 Å². The van der Waals surface area contributed by atoms with Crippen molar-refractivity contribution in [3.05, 3.63) is 78.5 Å². The van der Waals surface area contributed by atoms with Crippen LogP contribution in [0.2, 0.25) is 0 Å². The second kappa shape index (κ2) is 10.2. The molecule has 33 heavy (non-hydrogen) atoms. The highest BCUT2D eigenvalue weighted by atomic mass is 32.2. The number of anilines is 1. The van der Waals surface area contributed by atoms with Gasteiger partial charge in [0.15, 0.2) is 5.78 Å². The van der Waals surface area contributed by atoms with Gasteiger partial charge in [-0.2, -0.15) is 0 Å². The molecule has 0 spiro atoms. The number of rotatable bonds is 8. The highest BCUT2D eigenvalue weighted by Gasteiger charge is 2.23. The van der Waals surface area contributed by atoms with Crippen molar-refractivity contribution in [2.45, 2.75) is 17.7 Å². The Balaban J connectivity index is 1.29. The van der Waals surface area contributed by atoms with Crippen LogP contribution in [-0.4, -0.2) is 50.5 Å². The Labute approximate surface area is 194 Å². The molecule has 0 amide bonds. The Hall–Kier alpha value is -3.07. The van der Waals surface area contributed by atoms with Crippen LogP contribution in [0.25, 0.3) is 11.1 Å². The first-order valence-corrected chi connectivity index (χ1v) is 12.4. The van der Waals surface area contributed by atoms with Gasteiger partial charge in [0.1, 0.15) is 12.4 Å². The molecule has 2 aromatic carbocycles. The molecule has 8 heteroatoms. The topological polar surface area (TPSA) is 99.6 Å². The number of carbonyl (C=O) groups is 1. The highest BCUT2D eigenvalue weighted by molar-refractivity contribution is 7.89. The van der Waals surface area contributed by atoms with Gasteiger partial charge in [-0.1, -0.05) is 42.5 Å². The average Bonchev–Trinajstić information content (AvgIpc) is 2.88. The van der Waals surface area contributed by atoms with E-state index in [1.807, 2.05) is 42.5 Å². The number of sulfonamides is 1. The second-order valence-corrected chi connectivity index (χ2v) is 9.93. The molecule has 1 aliphatic heterocycles. The number of nitrogens with zero attached hydrogens (tertiary/aromatic N) is 2. The predicted molar refractivity (Wildman–Crippen MR) is 128 cm³/mol. The van der Waals surface area contributed by atoms with E-state index in [4.69, 9.17) is 5.11 Å². The van der Waals surface area contributed by atoms with Crippen LogP contribution in [-0.2, 0) is 10.0 Å². The monoisotopic (exact) mass is 465 g/mol. The van der Waals surface area contributed by atoms with Crippen LogP contribution in [0.1, 0.15) is 23.2 Å².